The molecule has 1 heterocycles. The van der Waals surface area contributed by atoms with Crippen LogP contribution in [0.2, 0.25) is 0 Å². The molecule has 0 saturated heterocycles. The van der Waals surface area contributed by atoms with Crippen molar-refractivity contribution in [2.75, 3.05) is 5.75 Å². The number of halogens is 1. The van der Waals surface area contributed by atoms with Crippen LogP contribution in [0, 0.1) is 5.82 Å². The zero-order valence-corrected chi connectivity index (χ0v) is 18.1. The van der Waals surface area contributed by atoms with E-state index in [2.05, 4.69) is 55.2 Å². The van der Waals surface area contributed by atoms with Gasteiger partial charge in [0.15, 0.2) is 16.8 Å². The molecule has 3 rings (SSSR count). The lowest BCUT2D eigenvalue weighted by Crippen LogP contribution is -2.10. The summed E-state index contributed by atoms with van der Waals surface area (Å²) in [6, 6.07) is 14.1. The van der Waals surface area contributed by atoms with Crippen molar-refractivity contribution < 1.29 is 9.18 Å². The number of nitrogens with zero attached hydrogens (tertiary/aromatic N) is 3. The number of thioether (sulfide) groups is 1. The summed E-state index contributed by atoms with van der Waals surface area (Å²) in [5, 5.41) is 9.46. The summed E-state index contributed by atoms with van der Waals surface area (Å²) in [5.74, 6) is 1.30. The number of aromatic nitrogens is 3. The molecule has 0 unspecified atom stereocenters. The highest BCUT2D eigenvalue weighted by Crippen LogP contribution is 2.27. The summed E-state index contributed by atoms with van der Waals surface area (Å²) < 4.78 is 14.9. The van der Waals surface area contributed by atoms with Crippen molar-refractivity contribution in [1.82, 2.24) is 14.8 Å². The average Bonchev–Trinajstić information content (AvgIpc) is 3.05. The second-order valence-corrected chi connectivity index (χ2v) is 9.14. The van der Waals surface area contributed by atoms with Gasteiger partial charge in [-0.05, 0) is 41.7 Å². The van der Waals surface area contributed by atoms with E-state index >= 15 is 0 Å². The SMILES string of the molecule is Cn1c(SCCCC(=O)c2ccc(F)cc2)nnc1-c1ccc(C(C)(C)C)cc1. The van der Waals surface area contributed by atoms with Crippen LogP contribution in [-0.4, -0.2) is 26.3 Å². The quantitative estimate of drug-likeness (QED) is 0.285. The van der Waals surface area contributed by atoms with Crippen molar-refractivity contribution in [3.05, 3.63) is 65.5 Å². The van der Waals surface area contributed by atoms with E-state index in [0.717, 1.165) is 28.7 Å². The van der Waals surface area contributed by atoms with Crippen LogP contribution in [0.1, 0.15) is 49.5 Å². The van der Waals surface area contributed by atoms with E-state index in [1.54, 1.807) is 11.8 Å². The van der Waals surface area contributed by atoms with Gasteiger partial charge in [-0.2, -0.15) is 0 Å². The number of Topliss-reactive ketones (excluding diaryl/α,β-unsaturated/α-hetero) is 1. The Morgan fingerprint density at radius 1 is 1.03 bits per heavy atom. The fourth-order valence-corrected chi connectivity index (χ4v) is 3.84. The van der Waals surface area contributed by atoms with Gasteiger partial charge in [0, 0.05) is 30.3 Å². The number of rotatable bonds is 7. The number of carbonyl (C=O) groups is 1. The maximum absolute atomic E-state index is 12.9. The summed E-state index contributed by atoms with van der Waals surface area (Å²) in [6.45, 7) is 6.58. The smallest absolute Gasteiger partial charge is 0.191 e. The van der Waals surface area contributed by atoms with Gasteiger partial charge in [-0.1, -0.05) is 56.8 Å². The van der Waals surface area contributed by atoms with Crippen LogP contribution in [0.3, 0.4) is 0 Å². The lowest BCUT2D eigenvalue weighted by molar-refractivity contribution is 0.0982. The van der Waals surface area contributed by atoms with Crippen molar-refractivity contribution in [3.8, 4) is 11.4 Å². The molecule has 1 aromatic heterocycles. The van der Waals surface area contributed by atoms with Gasteiger partial charge in [-0.3, -0.25) is 4.79 Å². The fourth-order valence-electron chi connectivity index (χ4n) is 2.99. The monoisotopic (exact) mass is 411 g/mol. The summed E-state index contributed by atoms with van der Waals surface area (Å²) in [4.78, 5) is 12.2. The van der Waals surface area contributed by atoms with Gasteiger partial charge in [0.2, 0.25) is 0 Å². The van der Waals surface area contributed by atoms with Gasteiger partial charge in [0.05, 0.1) is 0 Å². The topological polar surface area (TPSA) is 47.8 Å². The van der Waals surface area contributed by atoms with E-state index in [9.17, 15) is 9.18 Å². The van der Waals surface area contributed by atoms with Crippen LogP contribution < -0.4 is 0 Å². The van der Waals surface area contributed by atoms with E-state index in [0.29, 0.717) is 12.0 Å². The molecule has 0 atom stereocenters. The molecule has 0 amide bonds. The minimum absolute atomic E-state index is 0.0307. The predicted octanol–water partition coefficient (Wildman–Crippen LogP) is 5.67. The third-order valence-corrected chi connectivity index (χ3v) is 5.90. The minimum atomic E-state index is -0.330. The molecule has 2 aromatic carbocycles. The summed E-state index contributed by atoms with van der Waals surface area (Å²) in [6.07, 6.45) is 1.15. The van der Waals surface area contributed by atoms with Crippen LogP contribution in [0.25, 0.3) is 11.4 Å². The Labute approximate surface area is 175 Å². The number of hydrogen-bond donors (Lipinski definition) is 0. The molecule has 0 radical (unpaired) electrons. The largest absolute Gasteiger partial charge is 0.305 e. The number of ketones is 1. The highest BCUT2D eigenvalue weighted by Gasteiger charge is 2.15. The highest BCUT2D eigenvalue weighted by atomic mass is 32.2. The Morgan fingerprint density at radius 3 is 2.31 bits per heavy atom. The third kappa shape index (κ3) is 5.32. The van der Waals surface area contributed by atoms with Crippen molar-refractivity contribution in [1.29, 1.82) is 0 Å². The molecule has 0 spiro atoms. The Hall–Kier alpha value is -2.47. The predicted molar refractivity (Wildman–Crippen MR) is 116 cm³/mol. The second-order valence-electron chi connectivity index (χ2n) is 8.07. The van der Waals surface area contributed by atoms with Crippen LogP contribution in [0.4, 0.5) is 4.39 Å². The maximum Gasteiger partial charge on any atom is 0.191 e. The average molecular weight is 412 g/mol. The van der Waals surface area contributed by atoms with Crippen molar-refractivity contribution in [2.24, 2.45) is 7.05 Å². The second kappa shape index (κ2) is 8.91. The summed E-state index contributed by atoms with van der Waals surface area (Å²) in [5.41, 5.74) is 2.98. The minimum Gasteiger partial charge on any atom is -0.305 e. The van der Waals surface area contributed by atoms with E-state index in [1.807, 2.05) is 11.6 Å². The molecule has 152 valence electrons. The first kappa shape index (κ1) is 21.2. The lowest BCUT2D eigenvalue weighted by Gasteiger charge is -2.19. The van der Waals surface area contributed by atoms with Crippen molar-refractivity contribution >= 4 is 17.5 Å². The molecule has 0 aliphatic rings. The van der Waals surface area contributed by atoms with E-state index in [-0.39, 0.29) is 17.0 Å². The van der Waals surface area contributed by atoms with Crippen LogP contribution in [-0.2, 0) is 12.5 Å². The highest BCUT2D eigenvalue weighted by molar-refractivity contribution is 7.99. The zero-order valence-electron chi connectivity index (χ0n) is 17.3. The van der Waals surface area contributed by atoms with Gasteiger partial charge in [0.1, 0.15) is 5.82 Å². The molecule has 4 nitrogen and oxygen atoms in total. The van der Waals surface area contributed by atoms with Crippen LogP contribution >= 0.6 is 11.8 Å². The molecule has 0 saturated carbocycles. The first-order valence-corrected chi connectivity index (χ1v) is 10.7. The van der Waals surface area contributed by atoms with Gasteiger partial charge >= 0.3 is 0 Å². The molecule has 0 fully saturated rings. The van der Waals surface area contributed by atoms with Crippen LogP contribution in [0.15, 0.2) is 53.7 Å². The molecular weight excluding hydrogens is 385 g/mol. The molecule has 0 bridgehead atoms. The summed E-state index contributed by atoms with van der Waals surface area (Å²) >= 11 is 1.59. The molecule has 6 heteroatoms. The third-order valence-electron chi connectivity index (χ3n) is 4.79. The maximum atomic E-state index is 12.9. The zero-order chi connectivity index (χ0) is 21.0. The molecule has 3 aromatic rings. The summed E-state index contributed by atoms with van der Waals surface area (Å²) in [7, 11) is 1.96. The molecule has 29 heavy (non-hydrogen) atoms. The number of benzene rings is 2. The van der Waals surface area contributed by atoms with Gasteiger partial charge in [-0.25, -0.2) is 4.39 Å². The van der Waals surface area contributed by atoms with E-state index < -0.39 is 0 Å². The lowest BCUT2D eigenvalue weighted by atomic mass is 9.87. The van der Waals surface area contributed by atoms with Crippen LogP contribution in [0.5, 0.6) is 0 Å². The van der Waals surface area contributed by atoms with Crippen molar-refractivity contribution in [3.63, 3.8) is 0 Å². The van der Waals surface area contributed by atoms with Gasteiger partial charge < -0.3 is 4.57 Å². The Bertz CT molecular complexity index is 973. The first-order valence-electron chi connectivity index (χ1n) is 9.67. The molecule has 0 N–H and O–H groups in total. The molecule has 0 aliphatic carbocycles. The Morgan fingerprint density at radius 2 is 1.69 bits per heavy atom. The number of hydrogen-bond acceptors (Lipinski definition) is 4. The van der Waals surface area contributed by atoms with Gasteiger partial charge in [0.25, 0.3) is 0 Å². The van der Waals surface area contributed by atoms with Crippen molar-refractivity contribution in [2.45, 2.75) is 44.2 Å². The standard InChI is InChI=1S/C23H26FN3OS/c1-23(2,3)18-11-7-17(8-12-18)21-25-26-22(27(21)4)29-15-5-6-20(28)16-9-13-19(24)14-10-16/h7-14H,5-6,15H2,1-4H3. The first-order chi connectivity index (χ1) is 13.8. The fraction of sp³-hybridized carbons (Fsp3) is 0.348. The van der Waals surface area contributed by atoms with Gasteiger partial charge in [-0.15, -0.1) is 10.2 Å². The Kier molecular flexibility index (Phi) is 6.52. The molecular formula is C23H26FN3OS. The normalized spacial score (nSPS) is 11.6. The molecule has 0 aliphatic heterocycles. The van der Waals surface area contributed by atoms with E-state index in [1.165, 1.54) is 29.8 Å². The Balaban J connectivity index is 1.56. The van der Waals surface area contributed by atoms with E-state index in [4.69, 9.17) is 0 Å². The number of carbonyl (C=O) groups excluding carboxylic acids is 1.